The second-order valence-corrected chi connectivity index (χ2v) is 7.57. The summed E-state index contributed by atoms with van der Waals surface area (Å²) in [6, 6.07) is 24.1. The highest BCUT2D eigenvalue weighted by atomic mass is 16.5. The molecule has 164 valence electrons. The lowest BCUT2D eigenvalue weighted by molar-refractivity contribution is -0.115. The van der Waals surface area contributed by atoms with Crippen molar-refractivity contribution in [3.63, 3.8) is 0 Å². The van der Waals surface area contributed by atoms with Crippen LogP contribution in [0.3, 0.4) is 0 Å². The molecule has 0 radical (unpaired) electrons. The van der Waals surface area contributed by atoms with Crippen molar-refractivity contribution in [2.24, 2.45) is 7.05 Å². The predicted molar refractivity (Wildman–Crippen MR) is 126 cm³/mol. The van der Waals surface area contributed by atoms with Crippen LogP contribution in [0.5, 0.6) is 5.75 Å². The van der Waals surface area contributed by atoms with Gasteiger partial charge in [-0.3, -0.25) is 9.59 Å². The van der Waals surface area contributed by atoms with Crippen molar-refractivity contribution in [1.82, 2.24) is 9.78 Å². The van der Waals surface area contributed by atoms with E-state index in [0.29, 0.717) is 34.3 Å². The molecule has 7 nitrogen and oxygen atoms in total. The second-order valence-electron chi connectivity index (χ2n) is 7.57. The van der Waals surface area contributed by atoms with E-state index in [1.54, 1.807) is 25.2 Å². The fourth-order valence-corrected chi connectivity index (χ4v) is 3.58. The molecule has 1 heterocycles. The molecule has 3 aromatic carbocycles. The number of fused-ring (bicyclic) bond motifs is 1. The van der Waals surface area contributed by atoms with Crippen LogP contribution in [0.2, 0.25) is 0 Å². The molecule has 0 spiro atoms. The summed E-state index contributed by atoms with van der Waals surface area (Å²) >= 11 is 0. The van der Waals surface area contributed by atoms with Crippen molar-refractivity contribution in [2.45, 2.75) is 19.4 Å². The summed E-state index contributed by atoms with van der Waals surface area (Å²) < 4.78 is 7.13. The number of rotatable bonds is 7. The Morgan fingerprint density at radius 1 is 1.03 bits per heavy atom. The fourth-order valence-electron chi connectivity index (χ4n) is 3.58. The van der Waals surface area contributed by atoms with Gasteiger partial charge in [0.15, 0.2) is 0 Å². The number of carbonyl (C=O) groups excluding carboxylic acids is 1. The molecule has 0 saturated heterocycles. The molecule has 0 saturated carbocycles. The van der Waals surface area contributed by atoms with Crippen LogP contribution in [-0.4, -0.2) is 15.7 Å². The van der Waals surface area contributed by atoms with Gasteiger partial charge < -0.3 is 10.1 Å². The molecule has 0 atom stereocenters. The van der Waals surface area contributed by atoms with E-state index in [-0.39, 0.29) is 24.5 Å². The summed E-state index contributed by atoms with van der Waals surface area (Å²) in [5.74, 6) is 0.443. The van der Waals surface area contributed by atoms with Crippen LogP contribution in [0.4, 0.5) is 5.69 Å². The van der Waals surface area contributed by atoms with E-state index in [9.17, 15) is 9.59 Å². The van der Waals surface area contributed by atoms with E-state index in [1.807, 2.05) is 54.6 Å². The third-order valence-corrected chi connectivity index (χ3v) is 5.25. The van der Waals surface area contributed by atoms with Crippen LogP contribution in [0, 0.1) is 11.3 Å². The summed E-state index contributed by atoms with van der Waals surface area (Å²) in [6.07, 6.45) is 0.388. The minimum atomic E-state index is -0.236. The minimum absolute atomic E-state index is 0.0319. The Labute approximate surface area is 190 Å². The average Bonchev–Trinajstić information content (AvgIpc) is 2.83. The second kappa shape index (κ2) is 9.79. The normalized spacial score (nSPS) is 10.5. The number of nitrogens with zero attached hydrogens (tertiary/aromatic N) is 3. The molecule has 0 aliphatic heterocycles. The number of amides is 1. The van der Waals surface area contributed by atoms with Crippen LogP contribution < -0.4 is 15.6 Å². The highest BCUT2D eigenvalue weighted by Gasteiger charge is 2.14. The van der Waals surface area contributed by atoms with E-state index in [4.69, 9.17) is 10.00 Å². The summed E-state index contributed by atoms with van der Waals surface area (Å²) in [5.41, 5.74) is 2.74. The molecule has 4 rings (SSSR count). The zero-order valence-electron chi connectivity index (χ0n) is 18.1. The van der Waals surface area contributed by atoms with Crippen molar-refractivity contribution in [3.8, 4) is 11.8 Å². The van der Waals surface area contributed by atoms with Crippen LogP contribution in [0.25, 0.3) is 10.8 Å². The maximum Gasteiger partial charge on any atom is 0.274 e. The molecular formula is C26H22N4O3. The Morgan fingerprint density at radius 3 is 2.48 bits per heavy atom. The topological polar surface area (TPSA) is 97.0 Å². The van der Waals surface area contributed by atoms with Gasteiger partial charge in [-0.15, -0.1) is 0 Å². The third kappa shape index (κ3) is 5.08. The van der Waals surface area contributed by atoms with Gasteiger partial charge in [-0.2, -0.15) is 10.4 Å². The molecule has 0 unspecified atom stereocenters. The third-order valence-electron chi connectivity index (χ3n) is 5.25. The standard InChI is InChI=1S/C26H22N4O3/c1-30-26(32)22-8-4-3-7-21(22)24(29-30)16-25(31)28-23-9-5-2-6-19(23)17-33-20-12-10-18(11-13-20)14-15-27/h2-13H,14,16-17H2,1H3,(H,28,31). The number of para-hydroxylation sites is 1. The highest BCUT2D eigenvalue weighted by Crippen LogP contribution is 2.20. The molecule has 1 aromatic heterocycles. The summed E-state index contributed by atoms with van der Waals surface area (Å²) in [4.78, 5) is 25.2. The van der Waals surface area contributed by atoms with Crippen molar-refractivity contribution in [3.05, 3.63) is 100.0 Å². The fraction of sp³-hybridized carbons (Fsp3) is 0.154. The number of aryl methyl sites for hydroxylation is 1. The Morgan fingerprint density at radius 2 is 1.73 bits per heavy atom. The van der Waals surface area contributed by atoms with Gasteiger partial charge in [0, 0.05) is 23.7 Å². The van der Waals surface area contributed by atoms with Gasteiger partial charge in [0.25, 0.3) is 5.56 Å². The molecule has 7 heteroatoms. The van der Waals surface area contributed by atoms with Gasteiger partial charge in [-0.05, 0) is 29.8 Å². The zero-order chi connectivity index (χ0) is 23.2. The number of benzene rings is 3. The van der Waals surface area contributed by atoms with Gasteiger partial charge in [-0.1, -0.05) is 48.5 Å². The van der Waals surface area contributed by atoms with Crippen molar-refractivity contribution < 1.29 is 9.53 Å². The molecule has 0 aliphatic rings. The number of carbonyl (C=O) groups is 1. The smallest absolute Gasteiger partial charge is 0.274 e. The Kier molecular flexibility index (Phi) is 6.46. The molecular weight excluding hydrogens is 416 g/mol. The molecule has 0 bridgehead atoms. The Hall–Kier alpha value is -4.44. The predicted octanol–water partition coefficient (Wildman–Crippen LogP) is 3.76. The van der Waals surface area contributed by atoms with E-state index in [1.165, 1.54) is 4.68 Å². The van der Waals surface area contributed by atoms with Crippen LogP contribution >= 0.6 is 0 Å². The Balaban J connectivity index is 1.47. The average molecular weight is 438 g/mol. The number of aromatic nitrogens is 2. The van der Waals surface area contributed by atoms with E-state index in [0.717, 1.165) is 11.1 Å². The quantitative estimate of drug-likeness (QED) is 0.474. The first-order valence-corrected chi connectivity index (χ1v) is 10.5. The molecule has 33 heavy (non-hydrogen) atoms. The largest absolute Gasteiger partial charge is 0.489 e. The maximum atomic E-state index is 12.8. The number of hydrogen-bond acceptors (Lipinski definition) is 5. The highest BCUT2D eigenvalue weighted by molar-refractivity contribution is 5.95. The van der Waals surface area contributed by atoms with E-state index in [2.05, 4.69) is 16.5 Å². The van der Waals surface area contributed by atoms with Gasteiger partial charge in [0.2, 0.25) is 5.91 Å². The van der Waals surface area contributed by atoms with Crippen molar-refractivity contribution in [1.29, 1.82) is 5.26 Å². The van der Waals surface area contributed by atoms with E-state index >= 15 is 0 Å². The van der Waals surface area contributed by atoms with Crippen LogP contribution in [-0.2, 0) is 31.3 Å². The molecule has 0 fully saturated rings. The summed E-state index contributed by atoms with van der Waals surface area (Å²) in [5, 5.41) is 17.2. The number of anilines is 1. The zero-order valence-corrected chi connectivity index (χ0v) is 18.1. The van der Waals surface area contributed by atoms with Gasteiger partial charge in [0.1, 0.15) is 12.4 Å². The van der Waals surface area contributed by atoms with Crippen molar-refractivity contribution in [2.75, 3.05) is 5.32 Å². The van der Waals surface area contributed by atoms with Crippen LogP contribution in [0.15, 0.2) is 77.6 Å². The number of hydrogen-bond donors (Lipinski definition) is 1. The number of nitriles is 1. The number of nitrogens with one attached hydrogen (secondary N) is 1. The number of ether oxygens (including phenoxy) is 1. The minimum Gasteiger partial charge on any atom is -0.489 e. The maximum absolute atomic E-state index is 12.8. The molecule has 1 N–H and O–H groups in total. The SMILES string of the molecule is Cn1nc(CC(=O)Nc2ccccc2COc2ccc(CC#N)cc2)c2ccccc2c1=O. The summed E-state index contributed by atoms with van der Waals surface area (Å²) in [6.45, 7) is 0.273. The van der Waals surface area contributed by atoms with Gasteiger partial charge in [-0.25, -0.2) is 4.68 Å². The molecule has 4 aromatic rings. The lowest BCUT2D eigenvalue weighted by Crippen LogP contribution is -2.24. The van der Waals surface area contributed by atoms with Crippen molar-refractivity contribution >= 4 is 22.4 Å². The van der Waals surface area contributed by atoms with Crippen LogP contribution in [0.1, 0.15) is 16.8 Å². The lowest BCUT2D eigenvalue weighted by atomic mass is 10.1. The molecule has 0 aliphatic carbocycles. The first kappa shape index (κ1) is 21.8. The van der Waals surface area contributed by atoms with Gasteiger partial charge >= 0.3 is 0 Å². The summed E-state index contributed by atoms with van der Waals surface area (Å²) in [7, 11) is 1.58. The Bertz CT molecular complexity index is 1400. The van der Waals surface area contributed by atoms with E-state index < -0.39 is 0 Å². The first-order valence-electron chi connectivity index (χ1n) is 10.5. The van der Waals surface area contributed by atoms with Gasteiger partial charge in [0.05, 0.1) is 30.0 Å². The molecule has 1 amide bonds. The lowest BCUT2D eigenvalue weighted by Gasteiger charge is -2.13. The monoisotopic (exact) mass is 438 g/mol. The first-order chi connectivity index (χ1) is 16.0.